The molecule has 1 saturated heterocycles. The summed E-state index contributed by atoms with van der Waals surface area (Å²) in [5, 5.41) is 5.90. The maximum absolute atomic E-state index is 12.5. The van der Waals surface area contributed by atoms with Gasteiger partial charge >= 0.3 is 0 Å². The van der Waals surface area contributed by atoms with E-state index in [0.717, 1.165) is 38.0 Å². The molecule has 1 unspecified atom stereocenters. The van der Waals surface area contributed by atoms with Gasteiger partial charge in [-0.25, -0.2) is 0 Å². The molecule has 5 heteroatoms. The molecule has 1 atom stereocenters. The van der Waals surface area contributed by atoms with E-state index in [0.29, 0.717) is 5.56 Å². The van der Waals surface area contributed by atoms with Crippen molar-refractivity contribution in [3.63, 3.8) is 0 Å². The quantitative estimate of drug-likeness (QED) is 0.792. The van der Waals surface area contributed by atoms with Crippen molar-refractivity contribution in [2.24, 2.45) is 0 Å². The van der Waals surface area contributed by atoms with Crippen LogP contribution in [0, 0.1) is 13.8 Å². The van der Waals surface area contributed by atoms with Gasteiger partial charge in [0.2, 0.25) is 5.91 Å². The third-order valence-corrected chi connectivity index (χ3v) is 5.61. The molecule has 1 aliphatic heterocycles. The second-order valence-corrected chi connectivity index (χ2v) is 8.05. The van der Waals surface area contributed by atoms with Crippen LogP contribution in [0.15, 0.2) is 48.5 Å². The van der Waals surface area contributed by atoms with Crippen LogP contribution in [-0.4, -0.2) is 41.9 Å². The van der Waals surface area contributed by atoms with Crippen molar-refractivity contribution >= 4 is 11.8 Å². The zero-order valence-corrected chi connectivity index (χ0v) is 17.6. The highest BCUT2D eigenvalue weighted by molar-refractivity contribution is 5.97. The summed E-state index contributed by atoms with van der Waals surface area (Å²) in [6.45, 7) is 8.70. The Morgan fingerprint density at radius 1 is 1.07 bits per heavy atom. The van der Waals surface area contributed by atoms with Crippen LogP contribution in [0.5, 0.6) is 0 Å². The van der Waals surface area contributed by atoms with Crippen molar-refractivity contribution in [1.29, 1.82) is 0 Å². The molecule has 2 aromatic rings. The van der Waals surface area contributed by atoms with Crippen LogP contribution in [-0.2, 0) is 11.3 Å². The van der Waals surface area contributed by atoms with Crippen LogP contribution in [0.1, 0.15) is 46.8 Å². The molecule has 29 heavy (non-hydrogen) atoms. The van der Waals surface area contributed by atoms with Crippen LogP contribution < -0.4 is 10.6 Å². The SMILES string of the molecule is Cc1cccc(C(=O)NC(C)C(=O)NC2CCN(Cc3ccccc3C)CC2)c1. The number of nitrogens with zero attached hydrogens (tertiary/aromatic N) is 1. The predicted octanol–water partition coefficient (Wildman–Crippen LogP) is 3.20. The highest BCUT2D eigenvalue weighted by Crippen LogP contribution is 2.16. The van der Waals surface area contributed by atoms with Gasteiger partial charge in [-0.05, 0) is 56.9 Å². The summed E-state index contributed by atoms with van der Waals surface area (Å²) in [5.41, 5.74) is 4.28. The normalized spacial score (nSPS) is 16.2. The summed E-state index contributed by atoms with van der Waals surface area (Å²) in [6.07, 6.45) is 1.85. The van der Waals surface area contributed by atoms with E-state index < -0.39 is 6.04 Å². The summed E-state index contributed by atoms with van der Waals surface area (Å²) in [6, 6.07) is 15.5. The molecule has 1 fully saturated rings. The minimum absolute atomic E-state index is 0.122. The number of carbonyl (C=O) groups excluding carboxylic acids is 2. The third-order valence-electron chi connectivity index (χ3n) is 5.61. The first-order valence-electron chi connectivity index (χ1n) is 10.4. The molecule has 154 valence electrons. The van der Waals surface area contributed by atoms with Crippen molar-refractivity contribution in [2.75, 3.05) is 13.1 Å². The molecule has 0 aromatic heterocycles. The second-order valence-electron chi connectivity index (χ2n) is 8.05. The van der Waals surface area contributed by atoms with E-state index in [2.05, 4.69) is 46.7 Å². The number of amides is 2. The Labute approximate surface area is 173 Å². The van der Waals surface area contributed by atoms with E-state index in [9.17, 15) is 9.59 Å². The molecule has 0 spiro atoms. The number of benzene rings is 2. The van der Waals surface area contributed by atoms with E-state index >= 15 is 0 Å². The molecule has 0 radical (unpaired) electrons. The number of hydrogen-bond donors (Lipinski definition) is 2. The van der Waals surface area contributed by atoms with Crippen molar-refractivity contribution in [3.05, 3.63) is 70.8 Å². The molecule has 3 rings (SSSR count). The number of likely N-dealkylation sites (tertiary alicyclic amines) is 1. The van der Waals surface area contributed by atoms with Gasteiger partial charge < -0.3 is 10.6 Å². The van der Waals surface area contributed by atoms with E-state index in [-0.39, 0.29) is 17.9 Å². The highest BCUT2D eigenvalue weighted by Gasteiger charge is 2.24. The van der Waals surface area contributed by atoms with Gasteiger partial charge in [0.1, 0.15) is 6.04 Å². The van der Waals surface area contributed by atoms with Crippen LogP contribution >= 0.6 is 0 Å². The lowest BCUT2D eigenvalue weighted by molar-refractivity contribution is -0.123. The van der Waals surface area contributed by atoms with Crippen molar-refractivity contribution in [3.8, 4) is 0 Å². The summed E-state index contributed by atoms with van der Waals surface area (Å²) in [7, 11) is 0. The molecular formula is C24H31N3O2. The number of nitrogens with one attached hydrogen (secondary N) is 2. The summed E-state index contributed by atoms with van der Waals surface area (Å²) >= 11 is 0. The van der Waals surface area contributed by atoms with Gasteiger partial charge in [-0.1, -0.05) is 42.0 Å². The molecule has 1 heterocycles. The Bertz CT molecular complexity index is 857. The van der Waals surface area contributed by atoms with E-state index in [1.54, 1.807) is 13.0 Å². The Kier molecular flexibility index (Phi) is 7.04. The summed E-state index contributed by atoms with van der Waals surface area (Å²) < 4.78 is 0. The molecule has 0 saturated carbocycles. The minimum Gasteiger partial charge on any atom is -0.351 e. The molecule has 5 nitrogen and oxygen atoms in total. The van der Waals surface area contributed by atoms with Gasteiger partial charge in [-0.3, -0.25) is 14.5 Å². The summed E-state index contributed by atoms with van der Waals surface area (Å²) in [5.74, 6) is -0.340. The smallest absolute Gasteiger partial charge is 0.251 e. The van der Waals surface area contributed by atoms with Gasteiger partial charge in [0, 0.05) is 31.2 Å². The fourth-order valence-corrected chi connectivity index (χ4v) is 3.72. The molecule has 2 amide bonds. The zero-order chi connectivity index (χ0) is 20.8. The van der Waals surface area contributed by atoms with Gasteiger partial charge in [-0.2, -0.15) is 0 Å². The van der Waals surface area contributed by atoms with Gasteiger partial charge in [0.15, 0.2) is 0 Å². The van der Waals surface area contributed by atoms with Crippen LogP contribution in [0.4, 0.5) is 0 Å². The second kappa shape index (κ2) is 9.70. The lowest BCUT2D eigenvalue weighted by atomic mass is 10.0. The minimum atomic E-state index is -0.562. The third kappa shape index (κ3) is 5.91. The maximum atomic E-state index is 12.5. The number of piperidine rings is 1. The first-order valence-corrected chi connectivity index (χ1v) is 10.4. The Balaban J connectivity index is 1.44. The van der Waals surface area contributed by atoms with Crippen LogP contribution in [0.3, 0.4) is 0 Å². The fraction of sp³-hybridized carbons (Fsp3) is 0.417. The number of rotatable bonds is 6. The number of hydrogen-bond acceptors (Lipinski definition) is 3. The highest BCUT2D eigenvalue weighted by atomic mass is 16.2. The topological polar surface area (TPSA) is 61.4 Å². The molecule has 2 aromatic carbocycles. The molecule has 1 aliphatic rings. The Morgan fingerprint density at radius 3 is 2.48 bits per heavy atom. The first kappa shape index (κ1) is 21.1. The molecule has 0 bridgehead atoms. The lowest BCUT2D eigenvalue weighted by Crippen LogP contribution is -2.51. The van der Waals surface area contributed by atoms with Crippen LogP contribution in [0.2, 0.25) is 0 Å². The molecule has 2 N–H and O–H groups in total. The summed E-state index contributed by atoms with van der Waals surface area (Å²) in [4.78, 5) is 27.3. The first-order chi connectivity index (χ1) is 13.9. The zero-order valence-electron chi connectivity index (χ0n) is 17.6. The maximum Gasteiger partial charge on any atom is 0.251 e. The lowest BCUT2D eigenvalue weighted by Gasteiger charge is -2.33. The van der Waals surface area contributed by atoms with E-state index in [4.69, 9.17) is 0 Å². The average molecular weight is 394 g/mol. The van der Waals surface area contributed by atoms with Gasteiger partial charge in [0.05, 0.1) is 0 Å². The number of carbonyl (C=O) groups is 2. The predicted molar refractivity (Wildman–Crippen MR) is 116 cm³/mol. The molecular weight excluding hydrogens is 362 g/mol. The van der Waals surface area contributed by atoms with E-state index in [1.165, 1.54) is 11.1 Å². The largest absolute Gasteiger partial charge is 0.351 e. The van der Waals surface area contributed by atoms with Crippen molar-refractivity contribution in [2.45, 2.75) is 52.2 Å². The van der Waals surface area contributed by atoms with Crippen LogP contribution in [0.25, 0.3) is 0 Å². The average Bonchev–Trinajstić information content (AvgIpc) is 2.71. The Morgan fingerprint density at radius 2 is 1.79 bits per heavy atom. The monoisotopic (exact) mass is 393 g/mol. The van der Waals surface area contributed by atoms with Gasteiger partial charge in [0.25, 0.3) is 5.91 Å². The Hall–Kier alpha value is -2.66. The number of aryl methyl sites for hydroxylation is 2. The fourth-order valence-electron chi connectivity index (χ4n) is 3.72. The standard InChI is InChI=1S/C24H31N3O2/c1-17-7-6-10-20(15-17)24(29)25-19(3)23(28)26-22-11-13-27(14-12-22)16-21-9-5-4-8-18(21)2/h4-10,15,19,22H,11-14,16H2,1-3H3,(H,25,29)(H,26,28). The van der Waals surface area contributed by atoms with Crippen molar-refractivity contribution in [1.82, 2.24) is 15.5 Å². The van der Waals surface area contributed by atoms with Crippen molar-refractivity contribution < 1.29 is 9.59 Å². The van der Waals surface area contributed by atoms with E-state index in [1.807, 2.05) is 25.1 Å². The molecule has 0 aliphatic carbocycles. The van der Waals surface area contributed by atoms with Gasteiger partial charge in [-0.15, -0.1) is 0 Å².